The van der Waals surface area contributed by atoms with Crippen molar-refractivity contribution in [2.24, 2.45) is 0 Å². The van der Waals surface area contributed by atoms with E-state index in [1.54, 1.807) is 23.9 Å². The summed E-state index contributed by atoms with van der Waals surface area (Å²) >= 11 is 6.10. The van der Waals surface area contributed by atoms with Crippen LogP contribution in [-0.4, -0.2) is 16.2 Å². The maximum atomic E-state index is 13.0. The van der Waals surface area contributed by atoms with E-state index in [0.717, 1.165) is 22.6 Å². The van der Waals surface area contributed by atoms with Crippen molar-refractivity contribution >= 4 is 24.4 Å². The Balaban J connectivity index is 1.98. The molecule has 0 saturated heterocycles. The van der Waals surface area contributed by atoms with E-state index < -0.39 is 0 Å². The lowest BCUT2D eigenvalue weighted by Gasteiger charge is -2.00. The third-order valence-electron chi connectivity index (χ3n) is 3.18. The van der Waals surface area contributed by atoms with E-state index in [2.05, 4.69) is 34.7 Å². The summed E-state index contributed by atoms with van der Waals surface area (Å²) in [6.45, 7) is 0. The largest absolute Gasteiger partial charge is 0.337 e. The summed E-state index contributed by atoms with van der Waals surface area (Å²) in [6.07, 6.45) is 2.04. The molecule has 0 aliphatic rings. The van der Waals surface area contributed by atoms with Crippen LogP contribution in [0.15, 0.2) is 58.5 Å². The minimum absolute atomic E-state index is 0.258. The highest BCUT2D eigenvalue weighted by Gasteiger charge is 2.11. The van der Waals surface area contributed by atoms with Gasteiger partial charge in [-0.1, -0.05) is 12.1 Å². The molecule has 21 heavy (non-hydrogen) atoms. The topological polar surface area (TPSA) is 28.7 Å². The molecule has 0 fully saturated rings. The molecule has 0 amide bonds. The normalized spacial score (nSPS) is 10.8. The minimum atomic E-state index is -0.258. The number of imidazole rings is 1. The highest BCUT2D eigenvalue weighted by molar-refractivity contribution is 7.98. The van der Waals surface area contributed by atoms with Gasteiger partial charge in [-0.15, -0.1) is 24.4 Å². The molecule has 1 heterocycles. The van der Waals surface area contributed by atoms with Crippen LogP contribution in [0.1, 0.15) is 0 Å². The standard InChI is InChI=1S/C16H13FN2S2/c1-21-13-8-4-11(5-9-13)15-18-14(16(20)19-15)10-2-6-12(17)7-3-10/h2-9,20H,1H3,(H,18,19). The van der Waals surface area contributed by atoms with Crippen LogP contribution in [0.25, 0.3) is 22.6 Å². The number of aromatic amines is 1. The Bertz CT molecular complexity index is 749. The number of H-pyrrole nitrogens is 1. The molecule has 0 spiro atoms. The van der Waals surface area contributed by atoms with Crippen LogP contribution in [0.3, 0.4) is 0 Å². The number of hydrogen-bond acceptors (Lipinski definition) is 3. The highest BCUT2D eigenvalue weighted by Crippen LogP contribution is 2.29. The van der Waals surface area contributed by atoms with E-state index in [1.807, 2.05) is 18.4 Å². The molecule has 0 unspecified atom stereocenters. The summed E-state index contributed by atoms with van der Waals surface area (Å²) in [6, 6.07) is 14.4. The third kappa shape index (κ3) is 2.99. The monoisotopic (exact) mass is 316 g/mol. The average Bonchev–Trinajstić information content (AvgIpc) is 2.90. The van der Waals surface area contributed by atoms with Crippen LogP contribution in [0.2, 0.25) is 0 Å². The number of thiol groups is 1. The van der Waals surface area contributed by atoms with Crippen LogP contribution < -0.4 is 0 Å². The maximum Gasteiger partial charge on any atom is 0.139 e. The number of nitrogens with zero attached hydrogens (tertiary/aromatic N) is 1. The number of halogens is 1. The van der Waals surface area contributed by atoms with Crippen LogP contribution in [-0.2, 0) is 0 Å². The zero-order valence-corrected chi connectivity index (χ0v) is 13.0. The van der Waals surface area contributed by atoms with E-state index in [0.29, 0.717) is 5.03 Å². The second kappa shape index (κ2) is 5.95. The summed E-state index contributed by atoms with van der Waals surface area (Å²) in [7, 11) is 0. The summed E-state index contributed by atoms with van der Waals surface area (Å²) in [5.41, 5.74) is 2.65. The van der Waals surface area contributed by atoms with Gasteiger partial charge in [0.1, 0.15) is 16.7 Å². The first kappa shape index (κ1) is 14.2. The number of thioether (sulfide) groups is 1. The Morgan fingerprint density at radius 3 is 2.24 bits per heavy atom. The van der Waals surface area contributed by atoms with Crippen molar-refractivity contribution in [3.63, 3.8) is 0 Å². The van der Waals surface area contributed by atoms with Gasteiger partial charge >= 0.3 is 0 Å². The molecule has 0 saturated carbocycles. The summed E-state index contributed by atoms with van der Waals surface area (Å²) < 4.78 is 13.0. The lowest BCUT2D eigenvalue weighted by atomic mass is 10.2. The fraction of sp³-hybridized carbons (Fsp3) is 0.0625. The SMILES string of the molecule is CSc1ccc(-c2nc(S)c(-c3ccc(F)cc3)[nH]2)cc1. The van der Waals surface area contributed by atoms with Crippen molar-refractivity contribution in [3.05, 3.63) is 54.3 Å². The van der Waals surface area contributed by atoms with Crippen LogP contribution in [0, 0.1) is 5.82 Å². The molecule has 0 bridgehead atoms. The van der Waals surface area contributed by atoms with E-state index in [9.17, 15) is 4.39 Å². The van der Waals surface area contributed by atoms with Crippen LogP contribution >= 0.6 is 24.4 Å². The lowest BCUT2D eigenvalue weighted by Crippen LogP contribution is -1.82. The molecular formula is C16H13FN2S2. The molecule has 0 atom stereocenters. The number of nitrogens with one attached hydrogen (secondary N) is 1. The second-order valence-electron chi connectivity index (χ2n) is 4.52. The maximum absolute atomic E-state index is 13.0. The summed E-state index contributed by atoms with van der Waals surface area (Å²) in [5.74, 6) is 0.499. The van der Waals surface area contributed by atoms with E-state index in [1.165, 1.54) is 17.0 Å². The molecule has 3 rings (SSSR count). The first-order valence-electron chi connectivity index (χ1n) is 6.36. The quantitative estimate of drug-likeness (QED) is 0.532. The Morgan fingerprint density at radius 2 is 1.62 bits per heavy atom. The van der Waals surface area contributed by atoms with Gasteiger partial charge in [0, 0.05) is 16.0 Å². The zero-order valence-electron chi connectivity index (χ0n) is 11.3. The van der Waals surface area contributed by atoms with Gasteiger partial charge in [-0.25, -0.2) is 9.37 Å². The minimum Gasteiger partial charge on any atom is -0.337 e. The molecule has 106 valence electrons. The van der Waals surface area contributed by atoms with Crippen molar-refractivity contribution in [2.75, 3.05) is 6.26 Å². The van der Waals surface area contributed by atoms with Gasteiger partial charge in [-0.3, -0.25) is 0 Å². The first-order chi connectivity index (χ1) is 10.2. The molecule has 0 aliphatic carbocycles. The molecular weight excluding hydrogens is 303 g/mol. The van der Waals surface area contributed by atoms with Gasteiger partial charge < -0.3 is 4.98 Å². The molecule has 3 aromatic rings. The number of benzene rings is 2. The predicted molar refractivity (Wildman–Crippen MR) is 88.5 cm³/mol. The van der Waals surface area contributed by atoms with Crippen LogP contribution in [0.4, 0.5) is 4.39 Å². The van der Waals surface area contributed by atoms with E-state index in [-0.39, 0.29) is 5.82 Å². The average molecular weight is 316 g/mol. The zero-order chi connectivity index (χ0) is 14.8. The molecule has 1 aromatic heterocycles. The van der Waals surface area contributed by atoms with Crippen molar-refractivity contribution in [1.82, 2.24) is 9.97 Å². The van der Waals surface area contributed by atoms with Crippen molar-refractivity contribution in [2.45, 2.75) is 9.92 Å². The molecule has 2 nitrogen and oxygen atoms in total. The number of aromatic nitrogens is 2. The van der Waals surface area contributed by atoms with Gasteiger partial charge in [0.2, 0.25) is 0 Å². The predicted octanol–water partition coefficient (Wildman–Crippen LogP) is 4.89. The first-order valence-corrected chi connectivity index (χ1v) is 8.04. The van der Waals surface area contributed by atoms with Crippen molar-refractivity contribution < 1.29 is 4.39 Å². The second-order valence-corrected chi connectivity index (χ2v) is 5.82. The molecule has 0 radical (unpaired) electrons. The lowest BCUT2D eigenvalue weighted by molar-refractivity contribution is 0.628. The fourth-order valence-corrected chi connectivity index (χ4v) is 2.76. The summed E-state index contributed by atoms with van der Waals surface area (Å²) in [4.78, 5) is 8.90. The Morgan fingerprint density at radius 1 is 1.00 bits per heavy atom. The Labute approximate surface area is 132 Å². The number of rotatable bonds is 3. The summed E-state index contributed by atoms with van der Waals surface area (Å²) in [5, 5.41) is 0.602. The highest BCUT2D eigenvalue weighted by atomic mass is 32.2. The Kier molecular flexibility index (Phi) is 4.03. The Hall–Kier alpha value is -1.72. The van der Waals surface area contributed by atoms with Gasteiger partial charge in [0.05, 0.1) is 5.69 Å². The molecule has 5 heteroatoms. The van der Waals surface area contributed by atoms with Gasteiger partial charge in [0.25, 0.3) is 0 Å². The van der Waals surface area contributed by atoms with Gasteiger partial charge in [-0.05, 0) is 42.7 Å². The molecule has 2 aromatic carbocycles. The molecule has 0 aliphatic heterocycles. The number of hydrogen-bond donors (Lipinski definition) is 2. The van der Waals surface area contributed by atoms with Gasteiger partial charge in [-0.2, -0.15) is 0 Å². The fourth-order valence-electron chi connectivity index (χ4n) is 2.07. The van der Waals surface area contributed by atoms with E-state index in [4.69, 9.17) is 0 Å². The van der Waals surface area contributed by atoms with Crippen molar-refractivity contribution in [3.8, 4) is 22.6 Å². The smallest absolute Gasteiger partial charge is 0.139 e. The van der Waals surface area contributed by atoms with Gasteiger partial charge in [0.15, 0.2) is 0 Å². The molecule has 1 N–H and O–H groups in total. The van der Waals surface area contributed by atoms with Crippen molar-refractivity contribution in [1.29, 1.82) is 0 Å². The third-order valence-corrected chi connectivity index (χ3v) is 4.25. The van der Waals surface area contributed by atoms with Crippen LogP contribution in [0.5, 0.6) is 0 Å². The van der Waals surface area contributed by atoms with E-state index >= 15 is 0 Å².